The van der Waals surface area contributed by atoms with Crippen LogP contribution in [0.5, 0.6) is 0 Å². The quantitative estimate of drug-likeness (QED) is 0.632. The molecular weight excluding hydrogens is 172 g/mol. The molecule has 1 rings (SSSR count). The predicted molar refractivity (Wildman–Crippen MR) is 46.5 cm³/mol. The lowest BCUT2D eigenvalue weighted by Gasteiger charge is -2.30. The highest BCUT2D eigenvalue weighted by Crippen LogP contribution is 2.24. The minimum atomic E-state index is -0.606. The standard InChI is InChI=1S/C9H16O4/c1-6(2)13-9(3,4)7-5-11-8(10)12-7/h6-7H,5H2,1-4H3. The molecule has 4 heteroatoms. The minimum Gasteiger partial charge on any atom is -0.430 e. The lowest BCUT2D eigenvalue weighted by Crippen LogP contribution is -2.42. The molecule has 1 fully saturated rings. The van der Waals surface area contributed by atoms with Gasteiger partial charge >= 0.3 is 6.16 Å². The van der Waals surface area contributed by atoms with Gasteiger partial charge in [-0.25, -0.2) is 4.79 Å². The van der Waals surface area contributed by atoms with Crippen molar-refractivity contribution in [2.24, 2.45) is 0 Å². The summed E-state index contributed by atoms with van der Waals surface area (Å²) < 4.78 is 15.2. The molecule has 1 unspecified atom stereocenters. The van der Waals surface area contributed by atoms with Gasteiger partial charge in [0.05, 0.1) is 6.10 Å². The molecule has 1 saturated heterocycles. The highest BCUT2D eigenvalue weighted by Gasteiger charge is 2.40. The van der Waals surface area contributed by atoms with Crippen LogP contribution in [0.3, 0.4) is 0 Å². The number of cyclic esters (lactones) is 2. The van der Waals surface area contributed by atoms with Gasteiger partial charge in [-0.15, -0.1) is 0 Å². The molecule has 0 aliphatic carbocycles. The van der Waals surface area contributed by atoms with Crippen molar-refractivity contribution in [3.8, 4) is 0 Å². The molecule has 76 valence electrons. The lowest BCUT2D eigenvalue weighted by atomic mass is 10.0. The summed E-state index contributed by atoms with van der Waals surface area (Å²) in [5.74, 6) is 0. The van der Waals surface area contributed by atoms with Gasteiger partial charge in [0, 0.05) is 0 Å². The third-order valence-corrected chi connectivity index (χ3v) is 1.91. The first-order valence-corrected chi connectivity index (χ1v) is 4.43. The van der Waals surface area contributed by atoms with Crippen molar-refractivity contribution < 1.29 is 19.0 Å². The smallest absolute Gasteiger partial charge is 0.430 e. The van der Waals surface area contributed by atoms with Crippen molar-refractivity contribution in [2.45, 2.75) is 45.5 Å². The van der Waals surface area contributed by atoms with Gasteiger partial charge in [-0.3, -0.25) is 0 Å². The Labute approximate surface area is 78.2 Å². The van der Waals surface area contributed by atoms with Gasteiger partial charge in [0.15, 0.2) is 6.10 Å². The third-order valence-electron chi connectivity index (χ3n) is 1.91. The van der Waals surface area contributed by atoms with E-state index in [9.17, 15) is 4.79 Å². The number of rotatable bonds is 3. The van der Waals surface area contributed by atoms with Crippen LogP contribution < -0.4 is 0 Å². The summed E-state index contributed by atoms with van der Waals surface area (Å²) in [6, 6.07) is 0. The molecule has 4 nitrogen and oxygen atoms in total. The molecule has 0 aromatic rings. The molecule has 1 aliphatic heterocycles. The molecule has 13 heavy (non-hydrogen) atoms. The molecule has 0 amide bonds. The van der Waals surface area contributed by atoms with E-state index in [4.69, 9.17) is 14.2 Å². The van der Waals surface area contributed by atoms with Crippen LogP contribution in [0.4, 0.5) is 4.79 Å². The van der Waals surface area contributed by atoms with E-state index in [1.54, 1.807) is 0 Å². The number of ether oxygens (including phenoxy) is 3. The molecule has 0 aromatic heterocycles. The maximum absolute atomic E-state index is 10.7. The number of hydrogen-bond donors (Lipinski definition) is 0. The molecule has 1 heterocycles. The molecule has 1 atom stereocenters. The molecule has 0 radical (unpaired) electrons. The Morgan fingerprint density at radius 1 is 1.54 bits per heavy atom. The van der Waals surface area contributed by atoms with E-state index in [0.29, 0.717) is 0 Å². The van der Waals surface area contributed by atoms with Crippen molar-refractivity contribution >= 4 is 6.16 Å². The van der Waals surface area contributed by atoms with Crippen LogP contribution in [-0.4, -0.2) is 30.6 Å². The fourth-order valence-corrected chi connectivity index (χ4v) is 1.35. The zero-order valence-corrected chi connectivity index (χ0v) is 8.49. The fraction of sp³-hybridized carbons (Fsp3) is 0.889. The third kappa shape index (κ3) is 2.59. The summed E-state index contributed by atoms with van der Waals surface area (Å²) in [5.41, 5.74) is -0.486. The summed E-state index contributed by atoms with van der Waals surface area (Å²) in [6.07, 6.45) is -0.804. The van der Waals surface area contributed by atoms with Crippen molar-refractivity contribution in [3.05, 3.63) is 0 Å². The Morgan fingerprint density at radius 3 is 2.54 bits per heavy atom. The van der Waals surface area contributed by atoms with Gasteiger partial charge in [-0.05, 0) is 27.7 Å². The predicted octanol–water partition coefficient (Wildman–Crippen LogP) is 1.73. The van der Waals surface area contributed by atoms with Crippen LogP contribution in [-0.2, 0) is 14.2 Å². The summed E-state index contributed by atoms with van der Waals surface area (Å²) in [7, 11) is 0. The maximum Gasteiger partial charge on any atom is 0.508 e. The van der Waals surface area contributed by atoms with E-state index in [1.165, 1.54) is 0 Å². The van der Waals surface area contributed by atoms with E-state index < -0.39 is 11.8 Å². The van der Waals surface area contributed by atoms with Gasteiger partial charge in [0.25, 0.3) is 0 Å². The van der Waals surface area contributed by atoms with E-state index in [0.717, 1.165) is 0 Å². The topological polar surface area (TPSA) is 44.8 Å². The molecule has 0 N–H and O–H groups in total. The average Bonchev–Trinajstić information content (AvgIpc) is 2.32. The summed E-state index contributed by atoms with van der Waals surface area (Å²) in [4.78, 5) is 10.7. The highest BCUT2D eigenvalue weighted by atomic mass is 16.8. The van der Waals surface area contributed by atoms with Crippen molar-refractivity contribution in [1.29, 1.82) is 0 Å². The van der Waals surface area contributed by atoms with E-state index in [2.05, 4.69) is 0 Å². The number of carbonyl (C=O) groups is 1. The summed E-state index contributed by atoms with van der Waals surface area (Å²) in [6.45, 7) is 7.94. The first-order valence-electron chi connectivity index (χ1n) is 4.43. The van der Waals surface area contributed by atoms with Gasteiger partial charge < -0.3 is 14.2 Å². The number of hydrogen-bond acceptors (Lipinski definition) is 4. The summed E-state index contributed by atoms with van der Waals surface area (Å²) in [5, 5.41) is 0. The van der Waals surface area contributed by atoms with Gasteiger partial charge in [-0.2, -0.15) is 0 Å². The van der Waals surface area contributed by atoms with Crippen LogP contribution >= 0.6 is 0 Å². The van der Waals surface area contributed by atoms with Crippen LogP contribution in [0, 0.1) is 0 Å². The largest absolute Gasteiger partial charge is 0.508 e. The summed E-state index contributed by atoms with van der Waals surface area (Å²) >= 11 is 0. The minimum absolute atomic E-state index is 0.106. The normalized spacial score (nSPS) is 23.2. The zero-order chi connectivity index (χ0) is 10.1. The zero-order valence-electron chi connectivity index (χ0n) is 8.49. The van der Waals surface area contributed by atoms with Crippen LogP contribution in [0.15, 0.2) is 0 Å². The molecule has 0 spiro atoms. The Kier molecular flexibility index (Phi) is 2.81. The second-order valence-electron chi connectivity index (χ2n) is 3.94. The first kappa shape index (κ1) is 10.3. The second-order valence-corrected chi connectivity index (χ2v) is 3.94. The van der Waals surface area contributed by atoms with E-state index in [1.807, 2.05) is 27.7 Å². The highest BCUT2D eigenvalue weighted by molar-refractivity contribution is 5.62. The van der Waals surface area contributed by atoms with E-state index in [-0.39, 0.29) is 18.8 Å². The second kappa shape index (κ2) is 3.54. The molecular formula is C9H16O4. The lowest BCUT2D eigenvalue weighted by molar-refractivity contribution is -0.115. The molecule has 0 aromatic carbocycles. The average molecular weight is 188 g/mol. The monoisotopic (exact) mass is 188 g/mol. The Morgan fingerprint density at radius 2 is 2.15 bits per heavy atom. The number of carbonyl (C=O) groups excluding carboxylic acids is 1. The van der Waals surface area contributed by atoms with Gasteiger partial charge in [0.2, 0.25) is 0 Å². The molecule has 1 aliphatic rings. The van der Waals surface area contributed by atoms with Crippen molar-refractivity contribution in [1.82, 2.24) is 0 Å². The Bertz CT molecular complexity index is 198. The van der Waals surface area contributed by atoms with Crippen LogP contribution in [0.25, 0.3) is 0 Å². The molecule has 0 bridgehead atoms. The van der Waals surface area contributed by atoms with Crippen molar-refractivity contribution in [3.63, 3.8) is 0 Å². The van der Waals surface area contributed by atoms with Crippen LogP contribution in [0.1, 0.15) is 27.7 Å². The van der Waals surface area contributed by atoms with Gasteiger partial charge in [-0.1, -0.05) is 0 Å². The Balaban J connectivity index is 2.53. The Hall–Kier alpha value is -0.770. The molecule has 0 saturated carbocycles. The first-order chi connectivity index (χ1) is 5.92. The maximum atomic E-state index is 10.7. The van der Waals surface area contributed by atoms with Crippen molar-refractivity contribution in [2.75, 3.05) is 6.61 Å². The fourth-order valence-electron chi connectivity index (χ4n) is 1.35. The van der Waals surface area contributed by atoms with Gasteiger partial charge in [0.1, 0.15) is 12.2 Å². The van der Waals surface area contributed by atoms with Crippen LogP contribution in [0.2, 0.25) is 0 Å². The SMILES string of the molecule is CC(C)OC(C)(C)C1COC(=O)O1. The van der Waals surface area contributed by atoms with E-state index >= 15 is 0 Å².